The van der Waals surface area contributed by atoms with Crippen molar-refractivity contribution in [1.29, 1.82) is 0 Å². The molecule has 1 amide bonds. The normalized spacial score (nSPS) is 11.2. The summed E-state index contributed by atoms with van der Waals surface area (Å²) in [6, 6.07) is 6.46. The first-order valence-electron chi connectivity index (χ1n) is 7.63. The number of ketones is 1. The monoisotopic (exact) mass is 353 g/mol. The molecule has 8 heteroatoms. The molecule has 2 heterocycles. The van der Waals surface area contributed by atoms with Gasteiger partial charge < -0.3 is 20.1 Å². The number of ether oxygens (including phenoxy) is 1. The number of aromatic nitrogens is 2. The van der Waals surface area contributed by atoms with E-state index in [9.17, 15) is 19.5 Å². The Bertz CT molecular complexity index is 1080. The molecule has 0 unspecified atom stereocenters. The molecule has 0 spiro atoms. The molecule has 0 fully saturated rings. The number of H-pyrrole nitrogens is 1. The van der Waals surface area contributed by atoms with Crippen LogP contribution in [-0.2, 0) is 9.53 Å². The van der Waals surface area contributed by atoms with Gasteiger partial charge in [0.15, 0.2) is 5.78 Å². The van der Waals surface area contributed by atoms with E-state index in [1.165, 1.54) is 26.2 Å². The van der Waals surface area contributed by atoms with Gasteiger partial charge in [0.1, 0.15) is 17.1 Å². The lowest BCUT2D eigenvalue weighted by Gasteiger charge is -2.04. The average molecular weight is 353 g/mol. The molecule has 2 aromatic heterocycles. The second kappa shape index (κ2) is 6.67. The number of amides is 1. The zero-order valence-corrected chi connectivity index (χ0v) is 14.0. The Kier molecular flexibility index (Phi) is 4.40. The Morgan fingerprint density at radius 2 is 2.00 bits per heavy atom. The number of Topliss-reactive ketones (excluding diaryl/α,β-unsaturated/α-hetero) is 1. The summed E-state index contributed by atoms with van der Waals surface area (Å²) >= 11 is 0. The highest BCUT2D eigenvalue weighted by Gasteiger charge is 2.18. The van der Waals surface area contributed by atoms with E-state index >= 15 is 0 Å². The maximum Gasteiger partial charge on any atom is 0.331 e. The number of hydrogen-bond donors (Lipinski definition) is 3. The van der Waals surface area contributed by atoms with E-state index in [1.54, 1.807) is 12.1 Å². The summed E-state index contributed by atoms with van der Waals surface area (Å²) in [6.07, 6.45) is 2.18. The summed E-state index contributed by atoms with van der Waals surface area (Å²) in [7, 11) is 1.22. The lowest BCUT2D eigenvalue weighted by molar-refractivity contribution is -0.134. The van der Waals surface area contributed by atoms with E-state index in [1.807, 2.05) is 0 Å². The molecular weight excluding hydrogens is 338 g/mol. The van der Waals surface area contributed by atoms with Gasteiger partial charge in [-0.25, -0.2) is 9.78 Å². The number of aromatic hydroxyl groups is 1. The van der Waals surface area contributed by atoms with Crippen LogP contribution in [0.5, 0.6) is 5.75 Å². The Hall–Kier alpha value is -3.68. The smallest absolute Gasteiger partial charge is 0.331 e. The van der Waals surface area contributed by atoms with Gasteiger partial charge >= 0.3 is 5.97 Å². The highest BCUT2D eigenvalue weighted by molar-refractivity contribution is 6.16. The molecule has 8 nitrogen and oxygen atoms in total. The van der Waals surface area contributed by atoms with Crippen molar-refractivity contribution >= 4 is 39.5 Å². The molecule has 0 radical (unpaired) electrons. The maximum absolute atomic E-state index is 12.3. The molecule has 3 aromatic rings. The van der Waals surface area contributed by atoms with Crippen molar-refractivity contribution < 1.29 is 24.2 Å². The van der Waals surface area contributed by atoms with Crippen molar-refractivity contribution in [2.45, 2.75) is 6.92 Å². The fraction of sp³-hybridized carbons (Fsp3) is 0.111. The summed E-state index contributed by atoms with van der Waals surface area (Å²) in [5.41, 5.74) is 0.979. The maximum atomic E-state index is 12.3. The van der Waals surface area contributed by atoms with Crippen LogP contribution in [-0.4, -0.2) is 39.8 Å². The summed E-state index contributed by atoms with van der Waals surface area (Å²) in [6.45, 7) is 1.34. The van der Waals surface area contributed by atoms with E-state index in [-0.39, 0.29) is 22.9 Å². The number of phenols is 1. The van der Waals surface area contributed by atoms with E-state index in [4.69, 9.17) is 0 Å². The summed E-state index contributed by atoms with van der Waals surface area (Å²) in [5.74, 6) is -1.52. The second-order valence-electron chi connectivity index (χ2n) is 5.49. The van der Waals surface area contributed by atoms with Crippen molar-refractivity contribution in [3.8, 4) is 5.75 Å². The van der Waals surface area contributed by atoms with Gasteiger partial charge in [-0.1, -0.05) is 12.1 Å². The van der Waals surface area contributed by atoms with Gasteiger partial charge in [0.05, 0.1) is 18.1 Å². The Morgan fingerprint density at radius 3 is 2.69 bits per heavy atom. The molecule has 0 aliphatic rings. The molecular formula is C18H15N3O5. The quantitative estimate of drug-likeness (QED) is 0.375. The van der Waals surface area contributed by atoms with Crippen LogP contribution in [0.25, 0.3) is 21.8 Å². The van der Waals surface area contributed by atoms with Gasteiger partial charge in [0.2, 0.25) is 0 Å². The highest BCUT2D eigenvalue weighted by Crippen LogP contribution is 2.32. The van der Waals surface area contributed by atoms with Crippen molar-refractivity contribution in [1.82, 2.24) is 15.3 Å². The highest BCUT2D eigenvalue weighted by atomic mass is 16.5. The van der Waals surface area contributed by atoms with Crippen LogP contribution in [0.15, 0.2) is 36.5 Å². The number of carbonyl (C=O) groups excluding carboxylic acids is 3. The van der Waals surface area contributed by atoms with Crippen LogP contribution in [0.2, 0.25) is 0 Å². The van der Waals surface area contributed by atoms with Gasteiger partial charge in [-0.05, 0) is 12.1 Å². The molecule has 0 saturated carbocycles. The van der Waals surface area contributed by atoms with Crippen molar-refractivity contribution in [2.75, 3.05) is 7.11 Å². The van der Waals surface area contributed by atoms with Crippen LogP contribution in [0, 0.1) is 0 Å². The third kappa shape index (κ3) is 3.00. The number of para-hydroxylation sites is 1. The first-order valence-corrected chi connectivity index (χ1v) is 7.63. The molecule has 0 aliphatic carbocycles. The molecule has 1 aromatic carbocycles. The number of rotatable bonds is 4. The van der Waals surface area contributed by atoms with Crippen molar-refractivity contribution in [3.63, 3.8) is 0 Å². The Morgan fingerprint density at radius 1 is 1.23 bits per heavy atom. The van der Waals surface area contributed by atoms with Gasteiger partial charge in [-0.3, -0.25) is 9.59 Å². The number of esters is 1. The van der Waals surface area contributed by atoms with E-state index in [2.05, 4.69) is 20.0 Å². The fourth-order valence-corrected chi connectivity index (χ4v) is 2.60. The molecule has 0 bridgehead atoms. The number of carbonyl (C=O) groups is 3. The zero-order valence-electron chi connectivity index (χ0n) is 14.0. The van der Waals surface area contributed by atoms with E-state index in [0.717, 1.165) is 12.3 Å². The molecule has 132 valence electrons. The van der Waals surface area contributed by atoms with Gasteiger partial charge in [-0.15, -0.1) is 0 Å². The predicted molar refractivity (Wildman–Crippen MR) is 93.9 cm³/mol. The lowest BCUT2D eigenvalue weighted by Crippen LogP contribution is -2.20. The van der Waals surface area contributed by atoms with E-state index in [0.29, 0.717) is 21.8 Å². The van der Waals surface area contributed by atoms with Crippen LogP contribution in [0.3, 0.4) is 0 Å². The first-order chi connectivity index (χ1) is 12.4. The average Bonchev–Trinajstić information content (AvgIpc) is 3.00. The number of aromatic amines is 1. The summed E-state index contributed by atoms with van der Waals surface area (Å²) < 4.78 is 4.43. The number of methoxy groups -OCH3 is 1. The molecule has 0 aliphatic heterocycles. The van der Waals surface area contributed by atoms with Crippen LogP contribution in [0.1, 0.15) is 27.9 Å². The number of fused-ring (bicyclic) bond motifs is 3. The molecule has 26 heavy (non-hydrogen) atoms. The minimum Gasteiger partial charge on any atom is -0.506 e. The number of hydrogen-bond acceptors (Lipinski definition) is 6. The molecule has 0 saturated heterocycles. The standard InChI is InChI=1S/C18H15N3O5/c1-9(22)15-17-11(10-4-3-5-13(23)16(10)21-17)8-12(20-15)18(25)19-7-6-14(24)26-2/h3-8,21,23H,1-2H3,(H,19,25)/b7-6+. The summed E-state index contributed by atoms with van der Waals surface area (Å²) in [4.78, 5) is 42.4. The lowest BCUT2D eigenvalue weighted by atomic mass is 10.1. The molecule has 0 atom stereocenters. The Balaban J connectivity index is 2.12. The SMILES string of the molecule is COC(=O)/C=C/NC(=O)c1cc2c([nH]c3c(O)cccc32)c(C(C)=O)n1. The minimum absolute atomic E-state index is 0.00135. The number of pyridine rings is 1. The van der Waals surface area contributed by atoms with Crippen molar-refractivity contribution in [3.05, 3.63) is 47.9 Å². The fourth-order valence-electron chi connectivity index (χ4n) is 2.60. The van der Waals surface area contributed by atoms with Crippen LogP contribution in [0.4, 0.5) is 0 Å². The van der Waals surface area contributed by atoms with Crippen LogP contribution >= 0.6 is 0 Å². The zero-order chi connectivity index (χ0) is 18.8. The number of phenolic OH excluding ortho intramolecular Hbond substituents is 1. The number of benzene rings is 1. The van der Waals surface area contributed by atoms with Crippen LogP contribution < -0.4 is 5.32 Å². The predicted octanol–water partition coefficient (Wildman–Crippen LogP) is 2.04. The first kappa shape index (κ1) is 17.2. The molecule has 3 rings (SSSR count). The minimum atomic E-state index is -0.620. The summed E-state index contributed by atoms with van der Waals surface area (Å²) in [5, 5.41) is 13.6. The van der Waals surface area contributed by atoms with Gasteiger partial charge in [-0.2, -0.15) is 0 Å². The van der Waals surface area contributed by atoms with E-state index < -0.39 is 11.9 Å². The largest absolute Gasteiger partial charge is 0.506 e. The van der Waals surface area contributed by atoms with Crippen molar-refractivity contribution in [2.24, 2.45) is 0 Å². The Labute approximate surface area is 147 Å². The third-order valence-corrected chi connectivity index (χ3v) is 3.80. The van der Waals surface area contributed by atoms with Gasteiger partial charge in [0.25, 0.3) is 5.91 Å². The second-order valence-corrected chi connectivity index (χ2v) is 5.49. The number of nitrogens with zero attached hydrogens (tertiary/aromatic N) is 1. The topological polar surface area (TPSA) is 121 Å². The van der Waals surface area contributed by atoms with Gasteiger partial charge in [0, 0.05) is 30.0 Å². The molecule has 3 N–H and O–H groups in total. The third-order valence-electron chi connectivity index (χ3n) is 3.80. The number of nitrogens with one attached hydrogen (secondary N) is 2.